The van der Waals surface area contributed by atoms with E-state index in [9.17, 15) is 4.79 Å². The molecule has 1 saturated heterocycles. The Morgan fingerprint density at radius 1 is 1.57 bits per heavy atom. The lowest BCUT2D eigenvalue weighted by Gasteiger charge is -2.28. The molecule has 0 aromatic rings. The Kier molecular flexibility index (Phi) is 1.67. The van der Waals surface area contributed by atoms with Crippen LogP contribution in [0.15, 0.2) is 0 Å². The van der Waals surface area contributed by atoms with Crippen molar-refractivity contribution in [3.63, 3.8) is 0 Å². The van der Waals surface area contributed by atoms with Crippen LogP contribution >= 0.6 is 0 Å². The van der Waals surface area contributed by atoms with Gasteiger partial charge in [0.1, 0.15) is 19.0 Å². The second-order valence-corrected chi connectivity index (χ2v) is 4.61. The van der Waals surface area contributed by atoms with Crippen LogP contribution in [0.1, 0.15) is 13.3 Å². The average Bonchev–Trinajstić information content (AvgIpc) is 2.70. The SMILES string of the molecule is CC1C2CC3C(OC(=O)C13)C2OCO. The molecule has 4 nitrogen and oxygen atoms in total. The number of rotatable bonds is 2. The Morgan fingerprint density at radius 2 is 2.36 bits per heavy atom. The van der Waals surface area contributed by atoms with Gasteiger partial charge in [0.05, 0.1) is 5.92 Å². The summed E-state index contributed by atoms with van der Waals surface area (Å²) < 4.78 is 10.6. The summed E-state index contributed by atoms with van der Waals surface area (Å²) in [5.74, 6) is 1.14. The molecule has 6 unspecified atom stereocenters. The van der Waals surface area contributed by atoms with Crippen molar-refractivity contribution in [3.8, 4) is 0 Å². The maximum atomic E-state index is 11.5. The first-order valence-corrected chi connectivity index (χ1v) is 5.17. The number of fused-ring (bicyclic) bond motifs is 1. The lowest BCUT2D eigenvalue weighted by atomic mass is 9.80. The van der Waals surface area contributed by atoms with E-state index in [1.807, 2.05) is 0 Å². The number of aliphatic hydroxyl groups is 1. The lowest BCUT2D eigenvalue weighted by Crippen LogP contribution is -2.38. The Bertz CT molecular complexity index is 277. The molecule has 2 saturated carbocycles. The highest BCUT2D eigenvalue weighted by Crippen LogP contribution is 2.58. The minimum atomic E-state index is -0.278. The van der Waals surface area contributed by atoms with Gasteiger partial charge < -0.3 is 14.6 Å². The molecule has 78 valence electrons. The third-order valence-corrected chi connectivity index (χ3v) is 4.21. The smallest absolute Gasteiger partial charge is 0.310 e. The molecule has 1 N–H and O–H groups in total. The molecule has 1 heterocycles. The zero-order valence-corrected chi connectivity index (χ0v) is 8.05. The minimum absolute atomic E-state index is 0.0564. The molecule has 2 bridgehead atoms. The van der Waals surface area contributed by atoms with Crippen LogP contribution in [0.3, 0.4) is 0 Å². The predicted molar refractivity (Wildman–Crippen MR) is 46.1 cm³/mol. The van der Waals surface area contributed by atoms with E-state index in [0.29, 0.717) is 17.8 Å². The van der Waals surface area contributed by atoms with Crippen LogP contribution in [0.5, 0.6) is 0 Å². The quantitative estimate of drug-likeness (QED) is 0.507. The van der Waals surface area contributed by atoms with Crippen molar-refractivity contribution in [1.29, 1.82) is 0 Å². The van der Waals surface area contributed by atoms with Gasteiger partial charge in [0.25, 0.3) is 0 Å². The number of aliphatic hydroxyl groups excluding tert-OH is 1. The first kappa shape index (κ1) is 8.68. The fraction of sp³-hybridized carbons (Fsp3) is 0.900. The number of esters is 1. The lowest BCUT2D eigenvalue weighted by molar-refractivity contribution is -0.151. The largest absolute Gasteiger partial charge is 0.459 e. The molecule has 0 aromatic heterocycles. The second-order valence-electron chi connectivity index (χ2n) is 4.61. The van der Waals surface area contributed by atoms with Crippen LogP contribution < -0.4 is 0 Å². The van der Waals surface area contributed by atoms with E-state index in [1.165, 1.54) is 0 Å². The first-order valence-electron chi connectivity index (χ1n) is 5.17. The molecule has 3 aliphatic rings. The fourth-order valence-corrected chi connectivity index (χ4v) is 3.65. The van der Waals surface area contributed by atoms with Crippen molar-refractivity contribution in [1.82, 2.24) is 0 Å². The van der Waals surface area contributed by atoms with E-state index < -0.39 is 0 Å². The summed E-state index contributed by atoms with van der Waals surface area (Å²) in [6, 6.07) is 0. The van der Waals surface area contributed by atoms with Crippen LogP contribution in [0.25, 0.3) is 0 Å². The number of carbonyl (C=O) groups excluding carboxylic acids is 1. The summed E-state index contributed by atoms with van der Waals surface area (Å²) in [5.41, 5.74) is 0. The Balaban J connectivity index is 1.91. The van der Waals surface area contributed by atoms with E-state index in [1.54, 1.807) is 0 Å². The molecule has 0 amide bonds. The first-order chi connectivity index (χ1) is 6.74. The predicted octanol–water partition coefficient (Wildman–Crippen LogP) is 0.149. The highest BCUT2D eigenvalue weighted by Gasteiger charge is 2.65. The molecule has 0 aromatic carbocycles. The van der Waals surface area contributed by atoms with Crippen LogP contribution in [0.4, 0.5) is 0 Å². The Hall–Kier alpha value is -0.610. The maximum Gasteiger partial charge on any atom is 0.310 e. The number of carbonyl (C=O) groups is 1. The van der Waals surface area contributed by atoms with Gasteiger partial charge in [-0.1, -0.05) is 6.92 Å². The second kappa shape index (κ2) is 2.70. The molecule has 1 aliphatic heterocycles. The Labute approximate surface area is 82.2 Å². The van der Waals surface area contributed by atoms with Gasteiger partial charge in [-0.15, -0.1) is 0 Å². The molecule has 3 fully saturated rings. The van der Waals surface area contributed by atoms with Crippen molar-refractivity contribution < 1.29 is 19.4 Å². The van der Waals surface area contributed by atoms with Gasteiger partial charge in [0.15, 0.2) is 0 Å². The van der Waals surface area contributed by atoms with Gasteiger partial charge in [-0.25, -0.2) is 0 Å². The minimum Gasteiger partial charge on any atom is -0.459 e. The summed E-state index contributed by atoms with van der Waals surface area (Å²) in [4.78, 5) is 11.5. The zero-order chi connectivity index (χ0) is 9.87. The van der Waals surface area contributed by atoms with E-state index >= 15 is 0 Å². The highest BCUT2D eigenvalue weighted by molar-refractivity contribution is 5.77. The number of ether oxygens (including phenoxy) is 2. The van der Waals surface area contributed by atoms with Gasteiger partial charge in [0, 0.05) is 5.92 Å². The molecular formula is C10H14O4. The van der Waals surface area contributed by atoms with Crippen LogP contribution in [0.2, 0.25) is 0 Å². The van der Waals surface area contributed by atoms with Crippen LogP contribution in [0, 0.1) is 23.7 Å². The maximum absolute atomic E-state index is 11.5. The number of hydrogen-bond donors (Lipinski definition) is 1. The van der Waals surface area contributed by atoms with E-state index in [2.05, 4.69) is 6.92 Å². The van der Waals surface area contributed by atoms with Crippen molar-refractivity contribution in [2.45, 2.75) is 25.6 Å². The van der Waals surface area contributed by atoms with Crippen molar-refractivity contribution >= 4 is 5.97 Å². The van der Waals surface area contributed by atoms with Gasteiger partial charge in [0.2, 0.25) is 0 Å². The van der Waals surface area contributed by atoms with E-state index in [-0.39, 0.29) is 30.9 Å². The molecule has 14 heavy (non-hydrogen) atoms. The van der Waals surface area contributed by atoms with E-state index in [0.717, 1.165) is 6.42 Å². The zero-order valence-electron chi connectivity index (χ0n) is 8.05. The summed E-state index contributed by atoms with van der Waals surface area (Å²) >= 11 is 0. The monoisotopic (exact) mass is 198 g/mol. The topological polar surface area (TPSA) is 55.8 Å². The van der Waals surface area contributed by atoms with Crippen LogP contribution in [-0.4, -0.2) is 30.1 Å². The van der Waals surface area contributed by atoms with Gasteiger partial charge in [-0.05, 0) is 18.3 Å². The third kappa shape index (κ3) is 0.834. The summed E-state index contributed by atoms with van der Waals surface area (Å²) in [6.45, 7) is 1.81. The normalized spacial score (nSPS) is 54.0. The fourth-order valence-electron chi connectivity index (χ4n) is 3.65. The van der Waals surface area contributed by atoms with Gasteiger partial charge in [-0.3, -0.25) is 4.79 Å². The van der Waals surface area contributed by atoms with Crippen LogP contribution in [-0.2, 0) is 14.3 Å². The van der Waals surface area contributed by atoms with Gasteiger partial charge in [-0.2, -0.15) is 0 Å². The molecule has 4 heteroatoms. The molecule has 2 aliphatic carbocycles. The van der Waals surface area contributed by atoms with E-state index in [4.69, 9.17) is 14.6 Å². The molecular weight excluding hydrogens is 184 g/mol. The third-order valence-electron chi connectivity index (χ3n) is 4.21. The Morgan fingerprint density at radius 3 is 3.07 bits per heavy atom. The molecule has 3 rings (SSSR count). The summed E-state index contributed by atoms with van der Waals surface area (Å²) in [7, 11) is 0. The van der Waals surface area contributed by atoms with Crippen molar-refractivity contribution in [3.05, 3.63) is 0 Å². The standard InChI is InChI=1S/C10H14O4/c1-4-5-2-6-7(4)10(12)14-9(6)8(5)13-3-11/h4-9,11H,2-3H2,1H3. The summed E-state index contributed by atoms with van der Waals surface area (Å²) in [6.07, 6.45) is 0.871. The van der Waals surface area contributed by atoms with Crippen molar-refractivity contribution in [2.75, 3.05) is 6.79 Å². The molecule has 0 spiro atoms. The van der Waals surface area contributed by atoms with Gasteiger partial charge >= 0.3 is 5.97 Å². The average molecular weight is 198 g/mol. The number of hydrogen-bond acceptors (Lipinski definition) is 4. The molecule has 0 radical (unpaired) electrons. The molecule has 6 atom stereocenters. The highest BCUT2D eigenvalue weighted by atomic mass is 16.6. The summed E-state index contributed by atoms with van der Waals surface area (Å²) in [5, 5.41) is 8.77. The van der Waals surface area contributed by atoms with Crippen molar-refractivity contribution in [2.24, 2.45) is 23.7 Å².